The Morgan fingerprint density at radius 1 is 1.15 bits per heavy atom. The summed E-state index contributed by atoms with van der Waals surface area (Å²) in [6, 6.07) is 6.73. The number of carbonyl (C=O) groups excluding carboxylic acids is 1. The number of benzene rings is 1. The summed E-state index contributed by atoms with van der Waals surface area (Å²) in [5.41, 5.74) is 2.04. The van der Waals surface area contributed by atoms with E-state index in [0.717, 1.165) is 10.1 Å². The van der Waals surface area contributed by atoms with Crippen LogP contribution in [0.3, 0.4) is 0 Å². The molecule has 0 saturated heterocycles. The first-order valence-corrected chi connectivity index (χ1v) is 8.42. The summed E-state index contributed by atoms with van der Waals surface area (Å²) < 4.78 is 7.11. The Morgan fingerprint density at radius 2 is 1.81 bits per heavy atom. The van der Waals surface area contributed by atoms with Crippen molar-refractivity contribution in [3.05, 3.63) is 62.4 Å². The van der Waals surface area contributed by atoms with Crippen molar-refractivity contribution in [1.29, 1.82) is 0 Å². The van der Waals surface area contributed by atoms with Gasteiger partial charge in [-0.2, -0.15) is 0 Å². The SMILES string of the molecule is CCc1cnc2c(c1Nc1ccc(C(=O)OC)cc1)c(=O)n(C)c(=O)n2C. The van der Waals surface area contributed by atoms with Crippen LogP contribution in [-0.2, 0) is 25.3 Å². The van der Waals surface area contributed by atoms with Crippen molar-refractivity contribution in [2.45, 2.75) is 13.3 Å². The Hall–Kier alpha value is -3.42. The van der Waals surface area contributed by atoms with Gasteiger partial charge in [-0.05, 0) is 36.2 Å². The van der Waals surface area contributed by atoms with Crippen molar-refractivity contribution in [1.82, 2.24) is 14.1 Å². The van der Waals surface area contributed by atoms with Crippen LogP contribution in [0.5, 0.6) is 0 Å². The minimum absolute atomic E-state index is 0.314. The van der Waals surface area contributed by atoms with E-state index in [9.17, 15) is 14.4 Å². The molecule has 0 aliphatic heterocycles. The van der Waals surface area contributed by atoms with Gasteiger partial charge in [0.05, 0.1) is 18.4 Å². The average molecular weight is 368 g/mol. The van der Waals surface area contributed by atoms with E-state index in [0.29, 0.717) is 34.4 Å². The van der Waals surface area contributed by atoms with E-state index < -0.39 is 17.2 Å². The van der Waals surface area contributed by atoms with Gasteiger partial charge in [0.2, 0.25) is 0 Å². The second-order valence-corrected chi connectivity index (χ2v) is 6.11. The number of nitrogens with zero attached hydrogens (tertiary/aromatic N) is 3. The highest BCUT2D eigenvalue weighted by molar-refractivity contribution is 5.93. The first-order valence-electron chi connectivity index (χ1n) is 8.42. The third-order valence-corrected chi connectivity index (χ3v) is 4.50. The molecule has 0 spiro atoms. The van der Waals surface area contributed by atoms with Crippen LogP contribution in [0.2, 0.25) is 0 Å². The minimum Gasteiger partial charge on any atom is -0.465 e. The molecule has 27 heavy (non-hydrogen) atoms. The number of rotatable bonds is 4. The molecule has 8 heteroatoms. The van der Waals surface area contributed by atoms with Crippen molar-refractivity contribution in [3.63, 3.8) is 0 Å². The molecule has 0 amide bonds. The number of carbonyl (C=O) groups is 1. The van der Waals surface area contributed by atoms with E-state index in [2.05, 4.69) is 10.3 Å². The Bertz CT molecular complexity index is 1140. The Balaban J connectivity index is 2.20. The largest absolute Gasteiger partial charge is 0.465 e. The quantitative estimate of drug-likeness (QED) is 0.705. The second kappa shape index (κ2) is 7.06. The number of fused-ring (bicyclic) bond motifs is 1. The number of anilines is 2. The fourth-order valence-electron chi connectivity index (χ4n) is 2.93. The van der Waals surface area contributed by atoms with Crippen molar-refractivity contribution < 1.29 is 9.53 Å². The molecule has 0 radical (unpaired) electrons. The molecule has 0 atom stereocenters. The fraction of sp³-hybridized carbons (Fsp3) is 0.263. The summed E-state index contributed by atoms with van der Waals surface area (Å²) in [7, 11) is 4.35. The smallest absolute Gasteiger partial charge is 0.337 e. The summed E-state index contributed by atoms with van der Waals surface area (Å²) >= 11 is 0. The molecular formula is C19H20N4O4. The summed E-state index contributed by atoms with van der Waals surface area (Å²) in [6.45, 7) is 1.96. The Morgan fingerprint density at radius 3 is 2.41 bits per heavy atom. The molecule has 3 aromatic rings. The number of pyridine rings is 1. The van der Waals surface area contributed by atoms with Crippen LogP contribution in [0, 0.1) is 0 Å². The molecular weight excluding hydrogens is 348 g/mol. The maximum atomic E-state index is 12.8. The lowest BCUT2D eigenvalue weighted by Crippen LogP contribution is -2.37. The lowest BCUT2D eigenvalue weighted by atomic mass is 10.1. The van der Waals surface area contributed by atoms with Crippen molar-refractivity contribution in [2.75, 3.05) is 12.4 Å². The van der Waals surface area contributed by atoms with E-state index >= 15 is 0 Å². The molecule has 3 rings (SSSR count). The molecule has 0 saturated carbocycles. The summed E-state index contributed by atoms with van der Waals surface area (Å²) in [5.74, 6) is -0.422. The zero-order valence-corrected chi connectivity index (χ0v) is 15.6. The zero-order chi connectivity index (χ0) is 19.7. The number of aryl methyl sites for hydroxylation is 2. The predicted octanol–water partition coefficient (Wildman–Crippen LogP) is 1.72. The van der Waals surface area contributed by atoms with Crippen LogP contribution in [0.25, 0.3) is 11.0 Å². The number of hydrogen-bond donors (Lipinski definition) is 1. The molecule has 1 N–H and O–H groups in total. The average Bonchev–Trinajstić information content (AvgIpc) is 2.70. The second-order valence-electron chi connectivity index (χ2n) is 6.11. The van der Waals surface area contributed by atoms with Crippen LogP contribution >= 0.6 is 0 Å². The van der Waals surface area contributed by atoms with Gasteiger partial charge in [-0.1, -0.05) is 6.92 Å². The Labute approximate surface area is 155 Å². The highest BCUT2D eigenvalue weighted by Crippen LogP contribution is 2.27. The summed E-state index contributed by atoms with van der Waals surface area (Å²) in [5, 5.41) is 3.59. The number of methoxy groups -OCH3 is 1. The van der Waals surface area contributed by atoms with Gasteiger partial charge in [0.1, 0.15) is 5.39 Å². The molecule has 2 heterocycles. The van der Waals surface area contributed by atoms with Gasteiger partial charge in [-0.25, -0.2) is 14.6 Å². The zero-order valence-electron chi connectivity index (χ0n) is 15.6. The van der Waals surface area contributed by atoms with Gasteiger partial charge in [0.25, 0.3) is 5.56 Å². The van der Waals surface area contributed by atoms with Gasteiger partial charge >= 0.3 is 11.7 Å². The molecule has 0 aliphatic rings. The van der Waals surface area contributed by atoms with Crippen LogP contribution in [0.15, 0.2) is 40.1 Å². The minimum atomic E-state index is -0.433. The highest BCUT2D eigenvalue weighted by atomic mass is 16.5. The number of nitrogens with one attached hydrogen (secondary N) is 1. The number of aromatic nitrogens is 3. The first-order chi connectivity index (χ1) is 12.9. The lowest BCUT2D eigenvalue weighted by Gasteiger charge is -2.15. The van der Waals surface area contributed by atoms with Gasteiger partial charge in [-0.15, -0.1) is 0 Å². The maximum Gasteiger partial charge on any atom is 0.337 e. The molecule has 8 nitrogen and oxygen atoms in total. The molecule has 0 fully saturated rings. The van der Waals surface area contributed by atoms with Crippen LogP contribution in [-0.4, -0.2) is 27.2 Å². The summed E-state index contributed by atoms with van der Waals surface area (Å²) in [4.78, 5) is 40.8. The number of hydrogen-bond acceptors (Lipinski definition) is 6. The molecule has 0 bridgehead atoms. The van der Waals surface area contributed by atoms with Crippen LogP contribution < -0.4 is 16.6 Å². The van der Waals surface area contributed by atoms with Gasteiger partial charge in [0.15, 0.2) is 5.65 Å². The van der Waals surface area contributed by atoms with E-state index in [1.807, 2.05) is 6.92 Å². The normalized spacial score (nSPS) is 10.8. The number of esters is 1. The van der Waals surface area contributed by atoms with E-state index in [1.165, 1.54) is 18.7 Å². The lowest BCUT2D eigenvalue weighted by molar-refractivity contribution is 0.0601. The van der Waals surface area contributed by atoms with Crippen LogP contribution in [0.1, 0.15) is 22.8 Å². The highest BCUT2D eigenvalue weighted by Gasteiger charge is 2.17. The van der Waals surface area contributed by atoms with Gasteiger partial charge in [0, 0.05) is 26.0 Å². The van der Waals surface area contributed by atoms with Crippen molar-refractivity contribution in [2.24, 2.45) is 14.1 Å². The van der Waals surface area contributed by atoms with Crippen molar-refractivity contribution in [3.8, 4) is 0 Å². The summed E-state index contributed by atoms with van der Waals surface area (Å²) in [6.07, 6.45) is 2.31. The maximum absolute atomic E-state index is 12.8. The molecule has 0 unspecified atom stereocenters. The standard InChI is InChI=1S/C19H20N4O4/c1-5-11-10-20-16-14(17(24)23(3)19(26)22(16)2)15(11)21-13-8-6-12(7-9-13)18(25)27-4/h6-10H,5H2,1-4H3,(H,20,21). The van der Waals surface area contributed by atoms with E-state index in [4.69, 9.17) is 4.74 Å². The van der Waals surface area contributed by atoms with E-state index in [1.54, 1.807) is 37.5 Å². The van der Waals surface area contributed by atoms with Gasteiger partial charge in [-0.3, -0.25) is 13.9 Å². The van der Waals surface area contributed by atoms with Crippen LogP contribution in [0.4, 0.5) is 11.4 Å². The monoisotopic (exact) mass is 368 g/mol. The third-order valence-electron chi connectivity index (χ3n) is 4.50. The first kappa shape index (κ1) is 18.4. The predicted molar refractivity (Wildman–Crippen MR) is 103 cm³/mol. The topological polar surface area (TPSA) is 95.2 Å². The molecule has 2 aromatic heterocycles. The Kier molecular flexibility index (Phi) is 4.81. The van der Waals surface area contributed by atoms with Crippen molar-refractivity contribution >= 4 is 28.4 Å². The molecule has 1 aromatic carbocycles. The van der Waals surface area contributed by atoms with Gasteiger partial charge < -0.3 is 10.1 Å². The third kappa shape index (κ3) is 3.10. The molecule has 0 aliphatic carbocycles. The fourth-order valence-corrected chi connectivity index (χ4v) is 2.93. The molecule has 140 valence electrons. The van der Waals surface area contributed by atoms with E-state index in [-0.39, 0.29) is 0 Å². The number of ether oxygens (including phenoxy) is 1.